The molecule has 6 heteroatoms. The third kappa shape index (κ3) is 6.04. The Hall–Kier alpha value is -3.41. The zero-order chi connectivity index (χ0) is 20.6. The van der Waals surface area contributed by atoms with Gasteiger partial charge in [-0.3, -0.25) is 4.79 Å². The molecule has 150 valence electrons. The number of para-hydroxylation sites is 2. The lowest BCUT2D eigenvalue weighted by molar-refractivity contribution is -0.144. The summed E-state index contributed by atoms with van der Waals surface area (Å²) >= 11 is 0. The number of hydrogen-bond acceptors (Lipinski definition) is 5. The van der Waals surface area contributed by atoms with Gasteiger partial charge < -0.3 is 14.5 Å². The van der Waals surface area contributed by atoms with Crippen molar-refractivity contribution >= 4 is 29.1 Å². The van der Waals surface area contributed by atoms with E-state index in [1.54, 1.807) is 6.07 Å². The van der Waals surface area contributed by atoms with E-state index in [1.165, 1.54) is 12.2 Å². The number of carbonyl (C=O) groups excluding carboxylic acids is 2. The Kier molecular flexibility index (Phi) is 6.79. The van der Waals surface area contributed by atoms with E-state index < -0.39 is 5.97 Å². The first-order valence-electron chi connectivity index (χ1n) is 9.56. The van der Waals surface area contributed by atoms with Crippen molar-refractivity contribution in [2.24, 2.45) is 5.92 Å². The van der Waals surface area contributed by atoms with Gasteiger partial charge in [-0.1, -0.05) is 56.3 Å². The van der Waals surface area contributed by atoms with Crippen molar-refractivity contribution in [3.05, 3.63) is 72.1 Å². The minimum atomic E-state index is -0.637. The average molecular weight is 392 g/mol. The first kappa shape index (κ1) is 20.3. The third-order valence-corrected chi connectivity index (χ3v) is 4.26. The van der Waals surface area contributed by atoms with Gasteiger partial charge in [0.15, 0.2) is 12.2 Å². The van der Waals surface area contributed by atoms with Crippen molar-refractivity contribution in [1.82, 2.24) is 10.3 Å². The fourth-order valence-corrected chi connectivity index (χ4v) is 2.96. The fourth-order valence-electron chi connectivity index (χ4n) is 2.96. The molecule has 0 aliphatic carbocycles. The van der Waals surface area contributed by atoms with Crippen molar-refractivity contribution in [3.8, 4) is 0 Å². The summed E-state index contributed by atoms with van der Waals surface area (Å²) in [5.74, 6) is -0.276. The van der Waals surface area contributed by atoms with E-state index in [9.17, 15) is 9.59 Å². The lowest BCUT2D eigenvalue weighted by Crippen LogP contribution is -2.33. The number of benzene rings is 2. The van der Waals surface area contributed by atoms with Crippen molar-refractivity contribution in [3.63, 3.8) is 0 Å². The number of nitrogens with one attached hydrogen (secondary N) is 1. The summed E-state index contributed by atoms with van der Waals surface area (Å²) in [6.45, 7) is 3.84. The van der Waals surface area contributed by atoms with Crippen LogP contribution in [0.1, 0.15) is 37.8 Å². The van der Waals surface area contributed by atoms with Gasteiger partial charge in [0.25, 0.3) is 5.91 Å². The molecule has 2 aromatic carbocycles. The van der Waals surface area contributed by atoms with Crippen molar-refractivity contribution in [2.75, 3.05) is 6.61 Å². The second kappa shape index (κ2) is 9.68. The molecule has 0 spiro atoms. The molecule has 1 amide bonds. The van der Waals surface area contributed by atoms with Crippen LogP contribution in [0.3, 0.4) is 0 Å². The van der Waals surface area contributed by atoms with Gasteiger partial charge in [0.2, 0.25) is 5.89 Å². The van der Waals surface area contributed by atoms with Gasteiger partial charge in [-0.15, -0.1) is 0 Å². The Labute approximate surface area is 169 Å². The third-order valence-electron chi connectivity index (χ3n) is 4.26. The van der Waals surface area contributed by atoms with Crippen LogP contribution in [0.2, 0.25) is 0 Å². The molecule has 3 rings (SSSR count). The van der Waals surface area contributed by atoms with E-state index >= 15 is 0 Å². The highest BCUT2D eigenvalue weighted by Crippen LogP contribution is 2.21. The number of aromatic nitrogens is 1. The number of amides is 1. The average Bonchev–Trinajstić information content (AvgIpc) is 3.13. The minimum Gasteiger partial charge on any atom is -0.452 e. The molecule has 3 aromatic rings. The molecule has 0 aliphatic rings. The number of esters is 1. The Balaban J connectivity index is 1.52. The fraction of sp³-hybridized carbons (Fsp3) is 0.261. The summed E-state index contributed by atoms with van der Waals surface area (Å²) in [5.41, 5.74) is 2.37. The highest BCUT2D eigenvalue weighted by Gasteiger charge is 2.16. The number of fused-ring (bicyclic) bond motifs is 1. The van der Waals surface area contributed by atoms with Crippen LogP contribution in [0.25, 0.3) is 17.2 Å². The number of hydrogen-bond donors (Lipinski definition) is 1. The van der Waals surface area contributed by atoms with E-state index in [2.05, 4.69) is 24.1 Å². The van der Waals surface area contributed by atoms with Gasteiger partial charge >= 0.3 is 5.97 Å². The van der Waals surface area contributed by atoms with Gasteiger partial charge in [0, 0.05) is 12.2 Å². The summed E-state index contributed by atoms with van der Waals surface area (Å²) in [6, 6.07) is 16.9. The van der Waals surface area contributed by atoms with Crippen LogP contribution >= 0.6 is 0 Å². The summed E-state index contributed by atoms with van der Waals surface area (Å²) in [6.07, 6.45) is 3.41. The number of nitrogens with zero attached hydrogens (tertiary/aromatic N) is 1. The predicted molar refractivity (Wildman–Crippen MR) is 111 cm³/mol. The molecule has 1 atom stereocenters. The number of ether oxygens (including phenoxy) is 1. The molecule has 0 fully saturated rings. The summed E-state index contributed by atoms with van der Waals surface area (Å²) in [4.78, 5) is 28.4. The molecular weight excluding hydrogens is 368 g/mol. The largest absolute Gasteiger partial charge is 0.452 e. The van der Waals surface area contributed by atoms with Crippen molar-refractivity contribution < 1.29 is 18.7 Å². The van der Waals surface area contributed by atoms with Gasteiger partial charge in [0.05, 0.1) is 6.04 Å². The SMILES string of the molecule is CC(C)C[C@@H](NC(=O)COC(=O)/C=C/c1nc2ccccc2o1)c1ccccc1. The molecule has 6 nitrogen and oxygen atoms in total. The number of oxazole rings is 1. The van der Waals surface area contributed by atoms with Crippen molar-refractivity contribution in [2.45, 2.75) is 26.3 Å². The maximum Gasteiger partial charge on any atom is 0.331 e. The van der Waals surface area contributed by atoms with Crippen LogP contribution in [0.4, 0.5) is 0 Å². The van der Waals surface area contributed by atoms with Gasteiger partial charge in [0.1, 0.15) is 5.52 Å². The van der Waals surface area contributed by atoms with Crippen LogP contribution < -0.4 is 5.32 Å². The molecular formula is C23H24N2O4. The molecule has 1 N–H and O–H groups in total. The standard InChI is InChI=1S/C23H24N2O4/c1-16(2)14-19(17-8-4-3-5-9-17)24-21(26)15-28-23(27)13-12-22-25-18-10-6-7-11-20(18)29-22/h3-13,16,19H,14-15H2,1-2H3,(H,24,26)/b13-12+/t19-/m1/s1. The van der Waals surface area contributed by atoms with E-state index in [1.807, 2.05) is 48.5 Å². The molecule has 0 radical (unpaired) electrons. The zero-order valence-corrected chi connectivity index (χ0v) is 16.5. The molecule has 0 aliphatic heterocycles. The Morgan fingerprint density at radius 2 is 1.83 bits per heavy atom. The summed E-state index contributed by atoms with van der Waals surface area (Å²) in [5, 5.41) is 2.94. The molecule has 0 saturated heterocycles. The molecule has 1 heterocycles. The van der Waals surface area contributed by atoms with Crippen LogP contribution in [-0.2, 0) is 14.3 Å². The highest BCUT2D eigenvalue weighted by atomic mass is 16.5. The quantitative estimate of drug-likeness (QED) is 0.457. The smallest absolute Gasteiger partial charge is 0.331 e. The van der Waals surface area contributed by atoms with E-state index in [-0.39, 0.29) is 18.6 Å². The van der Waals surface area contributed by atoms with Crippen LogP contribution in [0, 0.1) is 5.92 Å². The molecule has 1 aromatic heterocycles. The molecule has 29 heavy (non-hydrogen) atoms. The van der Waals surface area contributed by atoms with E-state index in [0.29, 0.717) is 22.9 Å². The lowest BCUT2D eigenvalue weighted by Gasteiger charge is -2.21. The molecule has 0 unspecified atom stereocenters. The second-order valence-corrected chi connectivity index (χ2v) is 7.12. The van der Waals surface area contributed by atoms with Crippen molar-refractivity contribution in [1.29, 1.82) is 0 Å². The maximum absolute atomic E-state index is 12.3. The van der Waals surface area contributed by atoms with Crippen LogP contribution in [-0.4, -0.2) is 23.5 Å². The highest BCUT2D eigenvalue weighted by molar-refractivity contribution is 5.89. The lowest BCUT2D eigenvalue weighted by atomic mass is 9.97. The molecule has 0 bridgehead atoms. The first-order chi connectivity index (χ1) is 14.0. The van der Waals surface area contributed by atoms with E-state index in [4.69, 9.17) is 9.15 Å². The number of rotatable bonds is 8. The topological polar surface area (TPSA) is 81.4 Å². The molecule has 0 saturated carbocycles. The zero-order valence-electron chi connectivity index (χ0n) is 16.5. The second-order valence-electron chi connectivity index (χ2n) is 7.12. The Morgan fingerprint density at radius 1 is 1.10 bits per heavy atom. The minimum absolute atomic E-state index is 0.127. The monoisotopic (exact) mass is 392 g/mol. The van der Waals surface area contributed by atoms with Gasteiger partial charge in [-0.05, 0) is 30.0 Å². The normalized spacial score (nSPS) is 12.4. The van der Waals surface area contributed by atoms with Crippen LogP contribution in [0.5, 0.6) is 0 Å². The van der Waals surface area contributed by atoms with E-state index in [0.717, 1.165) is 12.0 Å². The van der Waals surface area contributed by atoms with Gasteiger partial charge in [-0.25, -0.2) is 9.78 Å². The maximum atomic E-state index is 12.3. The first-order valence-corrected chi connectivity index (χ1v) is 9.56. The van der Waals surface area contributed by atoms with Gasteiger partial charge in [-0.2, -0.15) is 0 Å². The Bertz CT molecular complexity index is 959. The van der Waals surface area contributed by atoms with Crippen LogP contribution in [0.15, 0.2) is 65.1 Å². The summed E-state index contributed by atoms with van der Waals surface area (Å²) in [7, 11) is 0. The Morgan fingerprint density at radius 3 is 2.55 bits per heavy atom. The number of carbonyl (C=O) groups is 2. The summed E-state index contributed by atoms with van der Waals surface area (Å²) < 4.78 is 10.5. The predicted octanol–water partition coefficient (Wildman–Crippen LogP) is 4.29.